The van der Waals surface area contributed by atoms with E-state index in [9.17, 15) is 5.11 Å². The Morgan fingerprint density at radius 3 is 2.48 bits per heavy atom. The van der Waals surface area contributed by atoms with E-state index in [1.165, 1.54) is 7.11 Å². The minimum atomic E-state index is -0.487. The molecule has 0 aromatic heterocycles. The molecule has 0 amide bonds. The van der Waals surface area contributed by atoms with Crippen LogP contribution in [0.3, 0.4) is 0 Å². The van der Waals surface area contributed by atoms with Crippen molar-refractivity contribution in [1.82, 2.24) is 0 Å². The number of nitriles is 1. The Balaban J connectivity index is 2.04. The molecule has 1 atom stereocenters. The third-order valence-corrected chi connectivity index (χ3v) is 3.15. The SMILES string of the molecule is COc1ccc(COc2ccc([C@H](C)O)cc2)cc1C#N. The molecular weight excluding hydrogens is 266 g/mol. The molecule has 108 valence electrons. The molecule has 2 rings (SSSR count). The zero-order valence-electron chi connectivity index (χ0n) is 12.0. The van der Waals surface area contributed by atoms with Crippen molar-refractivity contribution in [3.8, 4) is 17.6 Å². The summed E-state index contributed by atoms with van der Waals surface area (Å²) >= 11 is 0. The molecule has 4 nitrogen and oxygen atoms in total. The Morgan fingerprint density at radius 1 is 1.19 bits per heavy atom. The van der Waals surface area contributed by atoms with Gasteiger partial charge in [0.15, 0.2) is 0 Å². The smallest absolute Gasteiger partial charge is 0.136 e. The molecule has 0 heterocycles. The average Bonchev–Trinajstić information content (AvgIpc) is 2.52. The predicted octanol–water partition coefficient (Wildman–Crippen LogP) is 3.20. The average molecular weight is 283 g/mol. The van der Waals surface area contributed by atoms with Crippen LogP contribution in [0.2, 0.25) is 0 Å². The number of aliphatic hydroxyl groups excluding tert-OH is 1. The van der Waals surface area contributed by atoms with Gasteiger partial charge in [-0.3, -0.25) is 0 Å². The Morgan fingerprint density at radius 2 is 1.90 bits per heavy atom. The van der Waals surface area contributed by atoms with Crippen LogP contribution in [0, 0.1) is 11.3 Å². The number of hydrogen-bond acceptors (Lipinski definition) is 4. The maximum atomic E-state index is 9.45. The van der Waals surface area contributed by atoms with Crippen LogP contribution < -0.4 is 9.47 Å². The molecule has 0 radical (unpaired) electrons. The minimum Gasteiger partial charge on any atom is -0.495 e. The first-order valence-electron chi connectivity index (χ1n) is 6.62. The van der Waals surface area contributed by atoms with Crippen LogP contribution in [0.4, 0.5) is 0 Å². The Labute approximate surface area is 124 Å². The fraction of sp³-hybridized carbons (Fsp3) is 0.235. The number of methoxy groups -OCH3 is 1. The number of aliphatic hydroxyl groups is 1. The maximum Gasteiger partial charge on any atom is 0.136 e. The lowest BCUT2D eigenvalue weighted by molar-refractivity contribution is 0.199. The first kappa shape index (κ1) is 14.9. The standard InChI is InChI=1S/C17H17NO3/c1-12(19)14-4-6-16(7-5-14)21-11-13-3-8-17(20-2)15(9-13)10-18/h3-9,12,19H,11H2,1-2H3/t12-/m0/s1. The molecule has 0 spiro atoms. The first-order valence-corrected chi connectivity index (χ1v) is 6.62. The van der Waals surface area contributed by atoms with Crippen LogP contribution in [0.15, 0.2) is 42.5 Å². The van der Waals surface area contributed by atoms with Crippen LogP contribution >= 0.6 is 0 Å². The molecule has 0 aliphatic rings. The van der Waals surface area contributed by atoms with E-state index >= 15 is 0 Å². The van der Waals surface area contributed by atoms with Crippen molar-refractivity contribution in [3.63, 3.8) is 0 Å². The summed E-state index contributed by atoms with van der Waals surface area (Å²) in [5.74, 6) is 1.27. The quantitative estimate of drug-likeness (QED) is 0.915. The summed E-state index contributed by atoms with van der Waals surface area (Å²) in [5.41, 5.74) is 2.23. The van der Waals surface area contributed by atoms with Gasteiger partial charge in [-0.1, -0.05) is 18.2 Å². The monoisotopic (exact) mass is 283 g/mol. The second-order valence-corrected chi connectivity index (χ2v) is 4.68. The first-order chi connectivity index (χ1) is 10.1. The fourth-order valence-corrected chi connectivity index (χ4v) is 1.94. The summed E-state index contributed by atoms with van der Waals surface area (Å²) in [5, 5.41) is 18.5. The van der Waals surface area contributed by atoms with Gasteiger partial charge in [0.05, 0.1) is 18.8 Å². The zero-order valence-corrected chi connectivity index (χ0v) is 12.0. The van der Waals surface area contributed by atoms with E-state index in [0.717, 1.165) is 11.1 Å². The summed E-state index contributed by atoms with van der Waals surface area (Å²) in [7, 11) is 1.54. The molecule has 1 N–H and O–H groups in total. The van der Waals surface area contributed by atoms with Crippen molar-refractivity contribution in [1.29, 1.82) is 5.26 Å². The molecule has 0 aliphatic carbocycles. The number of rotatable bonds is 5. The van der Waals surface area contributed by atoms with E-state index in [-0.39, 0.29) is 0 Å². The largest absolute Gasteiger partial charge is 0.495 e. The summed E-state index contributed by atoms with van der Waals surface area (Å²) in [6, 6.07) is 14.8. The highest BCUT2D eigenvalue weighted by atomic mass is 16.5. The van der Waals surface area contributed by atoms with Gasteiger partial charge in [0.25, 0.3) is 0 Å². The normalized spacial score (nSPS) is 11.5. The number of hydrogen-bond donors (Lipinski definition) is 1. The molecule has 21 heavy (non-hydrogen) atoms. The van der Waals surface area contributed by atoms with Crippen molar-refractivity contribution in [3.05, 3.63) is 59.2 Å². The van der Waals surface area contributed by atoms with E-state index in [4.69, 9.17) is 14.7 Å². The van der Waals surface area contributed by atoms with E-state index in [2.05, 4.69) is 6.07 Å². The van der Waals surface area contributed by atoms with E-state index in [1.54, 1.807) is 19.1 Å². The number of nitrogens with zero attached hydrogens (tertiary/aromatic N) is 1. The topological polar surface area (TPSA) is 62.5 Å². The highest BCUT2D eigenvalue weighted by Crippen LogP contribution is 2.21. The second kappa shape index (κ2) is 6.78. The van der Waals surface area contributed by atoms with Gasteiger partial charge >= 0.3 is 0 Å². The third-order valence-electron chi connectivity index (χ3n) is 3.15. The van der Waals surface area contributed by atoms with Gasteiger partial charge in [-0.05, 0) is 42.3 Å². The lowest BCUT2D eigenvalue weighted by Crippen LogP contribution is -1.98. The number of benzene rings is 2. The second-order valence-electron chi connectivity index (χ2n) is 4.68. The van der Waals surface area contributed by atoms with Gasteiger partial charge in [-0.15, -0.1) is 0 Å². The number of ether oxygens (including phenoxy) is 2. The molecule has 4 heteroatoms. The van der Waals surface area contributed by atoms with Gasteiger partial charge in [0.1, 0.15) is 24.2 Å². The Hall–Kier alpha value is -2.51. The van der Waals surface area contributed by atoms with Gasteiger partial charge in [-0.2, -0.15) is 5.26 Å². The van der Waals surface area contributed by atoms with Crippen molar-refractivity contribution in [2.45, 2.75) is 19.6 Å². The van der Waals surface area contributed by atoms with Crippen molar-refractivity contribution < 1.29 is 14.6 Å². The van der Waals surface area contributed by atoms with Crippen LogP contribution in [0.5, 0.6) is 11.5 Å². The lowest BCUT2D eigenvalue weighted by Gasteiger charge is -2.10. The molecule has 2 aromatic carbocycles. The Bertz CT molecular complexity index is 642. The summed E-state index contributed by atoms with van der Waals surface area (Å²) in [6.45, 7) is 2.09. The van der Waals surface area contributed by atoms with Gasteiger partial charge < -0.3 is 14.6 Å². The predicted molar refractivity (Wildman–Crippen MR) is 79.1 cm³/mol. The van der Waals surface area contributed by atoms with Crippen molar-refractivity contribution >= 4 is 0 Å². The molecule has 0 aliphatic heterocycles. The third kappa shape index (κ3) is 3.74. The van der Waals surface area contributed by atoms with Crippen LogP contribution in [0.25, 0.3) is 0 Å². The summed E-state index contributed by atoms with van der Waals surface area (Å²) in [4.78, 5) is 0. The molecule has 0 saturated heterocycles. The van der Waals surface area contributed by atoms with E-state index in [1.807, 2.05) is 30.3 Å². The molecule has 0 fully saturated rings. The lowest BCUT2D eigenvalue weighted by atomic mass is 10.1. The van der Waals surface area contributed by atoms with Gasteiger partial charge in [-0.25, -0.2) is 0 Å². The van der Waals surface area contributed by atoms with Crippen LogP contribution in [-0.4, -0.2) is 12.2 Å². The molecule has 2 aromatic rings. The fourth-order valence-electron chi connectivity index (χ4n) is 1.94. The molecule has 0 unspecified atom stereocenters. The van der Waals surface area contributed by atoms with Crippen molar-refractivity contribution in [2.24, 2.45) is 0 Å². The maximum absolute atomic E-state index is 9.45. The molecular formula is C17H17NO3. The van der Waals surface area contributed by atoms with Crippen molar-refractivity contribution in [2.75, 3.05) is 7.11 Å². The van der Waals surface area contributed by atoms with E-state index in [0.29, 0.717) is 23.7 Å². The summed E-state index contributed by atoms with van der Waals surface area (Å²) < 4.78 is 10.8. The van der Waals surface area contributed by atoms with Gasteiger partial charge in [0, 0.05) is 0 Å². The Kier molecular flexibility index (Phi) is 4.81. The van der Waals surface area contributed by atoms with E-state index < -0.39 is 6.10 Å². The summed E-state index contributed by atoms with van der Waals surface area (Å²) in [6.07, 6.45) is -0.487. The molecule has 0 saturated carbocycles. The highest BCUT2D eigenvalue weighted by molar-refractivity contribution is 5.45. The van der Waals surface area contributed by atoms with Crippen LogP contribution in [0.1, 0.15) is 29.7 Å². The zero-order chi connectivity index (χ0) is 15.2. The van der Waals surface area contributed by atoms with Gasteiger partial charge in [0.2, 0.25) is 0 Å². The molecule has 0 bridgehead atoms. The van der Waals surface area contributed by atoms with Crippen LogP contribution in [-0.2, 0) is 6.61 Å². The minimum absolute atomic E-state index is 0.368. The highest BCUT2D eigenvalue weighted by Gasteiger charge is 2.05.